The molecule has 0 bridgehead atoms. The number of carbonyl (C=O) groups is 2. The number of piperazine rings is 1. The maximum atomic E-state index is 12.9. The summed E-state index contributed by atoms with van der Waals surface area (Å²) in [4.78, 5) is 39.4. The molecule has 31 heavy (non-hydrogen) atoms. The Labute approximate surface area is 178 Å². The number of nitro benzene ring substituents is 1. The minimum Gasteiger partial charge on any atom is -0.339 e. The standard InChI is InChI=1S/C22H23N5O4/c28-20(8-4-7-16-5-2-1-3-6-16)25-11-13-26(14-12-25)22(29)21-18-15-17(27(30)31)9-10-19(18)23-24-21/h1-3,5-6,9-10,15H,4,7-8,11-14H2,(H,23,24). The lowest BCUT2D eigenvalue weighted by Gasteiger charge is -2.34. The number of fused-ring (bicyclic) bond motifs is 1. The van der Waals surface area contributed by atoms with Crippen LogP contribution in [-0.2, 0) is 11.2 Å². The van der Waals surface area contributed by atoms with Gasteiger partial charge in [-0.15, -0.1) is 0 Å². The van der Waals surface area contributed by atoms with Gasteiger partial charge in [-0.1, -0.05) is 30.3 Å². The third kappa shape index (κ3) is 4.55. The minimum atomic E-state index is -0.497. The van der Waals surface area contributed by atoms with Crippen LogP contribution in [0.3, 0.4) is 0 Å². The molecule has 1 N–H and O–H groups in total. The molecule has 0 spiro atoms. The molecule has 0 saturated carbocycles. The molecular formula is C22H23N5O4. The summed E-state index contributed by atoms with van der Waals surface area (Å²) in [6.45, 7) is 1.76. The molecule has 0 unspecified atom stereocenters. The van der Waals surface area contributed by atoms with Crippen LogP contribution in [0, 0.1) is 10.1 Å². The van der Waals surface area contributed by atoms with E-state index in [1.165, 1.54) is 17.7 Å². The van der Waals surface area contributed by atoms with Crippen LogP contribution in [0.25, 0.3) is 10.9 Å². The number of carbonyl (C=O) groups excluding carboxylic acids is 2. The maximum Gasteiger partial charge on any atom is 0.275 e. The van der Waals surface area contributed by atoms with Crippen LogP contribution in [0.2, 0.25) is 0 Å². The fourth-order valence-corrected chi connectivity index (χ4v) is 3.83. The molecule has 2 aromatic carbocycles. The van der Waals surface area contributed by atoms with Gasteiger partial charge >= 0.3 is 0 Å². The second-order valence-corrected chi connectivity index (χ2v) is 7.57. The molecule has 1 saturated heterocycles. The quantitative estimate of drug-likeness (QED) is 0.486. The summed E-state index contributed by atoms with van der Waals surface area (Å²) in [5.74, 6) is -0.188. The Morgan fingerprint density at radius 1 is 1.03 bits per heavy atom. The second-order valence-electron chi connectivity index (χ2n) is 7.57. The van der Waals surface area contributed by atoms with Gasteiger partial charge in [0, 0.05) is 50.1 Å². The Balaban J connectivity index is 1.32. The van der Waals surface area contributed by atoms with Gasteiger partial charge in [0.05, 0.1) is 10.4 Å². The van der Waals surface area contributed by atoms with Gasteiger partial charge in [-0.05, 0) is 24.5 Å². The molecule has 4 rings (SSSR count). The van der Waals surface area contributed by atoms with Crippen molar-refractivity contribution in [3.8, 4) is 0 Å². The number of nitro groups is 1. The summed E-state index contributed by atoms with van der Waals surface area (Å²) >= 11 is 0. The molecule has 9 nitrogen and oxygen atoms in total. The van der Waals surface area contributed by atoms with E-state index in [1.54, 1.807) is 15.9 Å². The number of aromatic nitrogens is 2. The van der Waals surface area contributed by atoms with Gasteiger partial charge < -0.3 is 9.80 Å². The fraction of sp³-hybridized carbons (Fsp3) is 0.318. The lowest BCUT2D eigenvalue weighted by molar-refractivity contribution is -0.384. The van der Waals surface area contributed by atoms with Crippen molar-refractivity contribution in [2.24, 2.45) is 0 Å². The molecule has 9 heteroatoms. The Morgan fingerprint density at radius 2 is 1.74 bits per heavy atom. The van der Waals surface area contributed by atoms with E-state index in [-0.39, 0.29) is 23.2 Å². The van der Waals surface area contributed by atoms with Crippen LogP contribution >= 0.6 is 0 Å². The van der Waals surface area contributed by atoms with Crippen molar-refractivity contribution < 1.29 is 14.5 Å². The maximum absolute atomic E-state index is 12.9. The van der Waals surface area contributed by atoms with E-state index in [0.717, 1.165) is 12.8 Å². The first-order valence-electron chi connectivity index (χ1n) is 10.3. The number of H-pyrrole nitrogens is 1. The van der Waals surface area contributed by atoms with Crippen LogP contribution in [-0.4, -0.2) is 62.9 Å². The van der Waals surface area contributed by atoms with Crippen molar-refractivity contribution >= 4 is 28.4 Å². The number of rotatable bonds is 6. The summed E-state index contributed by atoms with van der Waals surface area (Å²) in [5.41, 5.74) is 1.87. The van der Waals surface area contributed by atoms with Crippen LogP contribution in [0.5, 0.6) is 0 Å². The lowest BCUT2D eigenvalue weighted by atomic mass is 10.1. The highest BCUT2D eigenvalue weighted by atomic mass is 16.6. The molecule has 0 radical (unpaired) electrons. The monoisotopic (exact) mass is 421 g/mol. The van der Waals surface area contributed by atoms with E-state index in [0.29, 0.717) is 43.5 Å². The molecule has 160 valence electrons. The molecule has 1 aromatic heterocycles. The van der Waals surface area contributed by atoms with Crippen LogP contribution < -0.4 is 0 Å². The van der Waals surface area contributed by atoms with Gasteiger partial charge in [-0.2, -0.15) is 5.10 Å². The summed E-state index contributed by atoms with van der Waals surface area (Å²) in [7, 11) is 0. The molecule has 2 amide bonds. The fourth-order valence-electron chi connectivity index (χ4n) is 3.83. The molecule has 0 atom stereocenters. The average molecular weight is 421 g/mol. The van der Waals surface area contributed by atoms with Crippen molar-refractivity contribution in [2.75, 3.05) is 26.2 Å². The van der Waals surface area contributed by atoms with Crippen molar-refractivity contribution in [1.82, 2.24) is 20.0 Å². The van der Waals surface area contributed by atoms with Crippen molar-refractivity contribution in [3.05, 3.63) is 69.9 Å². The van der Waals surface area contributed by atoms with E-state index < -0.39 is 4.92 Å². The SMILES string of the molecule is O=C(CCCc1ccccc1)N1CCN(C(=O)c2n[nH]c3ccc([N+](=O)[O-])cc23)CC1. The summed E-state index contributed by atoms with van der Waals surface area (Å²) in [5, 5.41) is 18.3. The van der Waals surface area contributed by atoms with Gasteiger partial charge in [0.2, 0.25) is 5.91 Å². The van der Waals surface area contributed by atoms with E-state index >= 15 is 0 Å². The van der Waals surface area contributed by atoms with E-state index in [1.807, 2.05) is 18.2 Å². The number of nitrogens with one attached hydrogen (secondary N) is 1. The van der Waals surface area contributed by atoms with Crippen LogP contribution in [0.1, 0.15) is 28.9 Å². The Morgan fingerprint density at radius 3 is 2.45 bits per heavy atom. The van der Waals surface area contributed by atoms with Gasteiger partial charge in [0.15, 0.2) is 5.69 Å². The van der Waals surface area contributed by atoms with E-state index in [4.69, 9.17) is 0 Å². The second kappa shape index (κ2) is 8.95. The topological polar surface area (TPSA) is 112 Å². The van der Waals surface area contributed by atoms with Crippen molar-refractivity contribution in [2.45, 2.75) is 19.3 Å². The number of nitrogens with zero attached hydrogens (tertiary/aromatic N) is 4. The zero-order chi connectivity index (χ0) is 21.8. The highest BCUT2D eigenvalue weighted by molar-refractivity contribution is 6.05. The first-order valence-corrected chi connectivity index (χ1v) is 10.3. The van der Waals surface area contributed by atoms with E-state index in [9.17, 15) is 19.7 Å². The Bertz CT molecular complexity index is 1100. The lowest BCUT2D eigenvalue weighted by Crippen LogP contribution is -2.50. The molecular weight excluding hydrogens is 398 g/mol. The molecule has 3 aromatic rings. The first-order chi connectivity index (χ1) is 15.0. The van der Waals surface area contributed by atoms with Crippen LogP contribution in [0.4, 0.5) is 5.69 Å². The number of amides is 2. The Hall–Kier alpha value is -3.75. The first kappa shape index (κ1) is 20.5. The van der Waals surface area contributed by atoms with Crippen molar-refractivity contribution in [1.29, 1.82) is 0 Å². The number of aryl methyl sites for hydroxylation is 1. The molecule has 1 fully saturated rings. The molecule has 0 aliphatic carbocycles. The summed E-state index contributed by atoms with van der Waals surface area (Å²) in [6, 6.07) is 14.4. The van der Waals surface area contributed by atoms with Gasteiger partial charge in [0.25, 0.3) is 11.6 Å². The van der Waals surface area contributed by atoms with Gasteiger partial charge in [-0.25, -0.2) is 0 Å². The van der Waals surface area contributed by atoms with Gasteiger partial charge in [0.1, 0.15) is 0 Å². The van der Waals surface area contributed by atoms with Crippen molar-refractivity contribution in [3.63, 3.8) is 0 Å². The molecule has 1 aliphatic rings. The number of benzene rings is 2. The number of non-ortho nitro benzene ring substituents is 1. The zero-order valence-corrected chi connectivity index (χ0v) is 17.0. The highest BCUT2D eigenvalue weighted by Crippen LogP contribution is 2.23. The van der Waals surface area contributed by atoms with Gasteiger partial charge in [-0.3, -0.25) is 24.8 Å². The predicted octanol–water partition coefficient (Wildman–Crippen LogP) is 2.78. The number of hydrogen-bond acceptors (Lipinski definition) is 5. The van der Waals surface area contributed by atoms with E-state index in [2.05, 4.69) is 22.3 Å². The third-order valence-corrected chi connectivity index (χ3v) is 5.58. The smallest absolute Gasteiger partial charge is 0.275 e. The largest absolute Gasteiger partial charge is 0.339 e. The Kier molecular flexibility index (Phi) is 5.92. The molecule has 2 heterocycles. The molecule has 1 aliphatic heterocycles. The normalized spacial score (nSPS) is 14.1. The van der Waals surface area contributed by atoms with Crippen LogP contribution in [0.15, 0.2) is 48.5 Å². The zero-order valence-electron chi connectivity index (χ0n) is 17.0. The average Bonchev–Trinajstić information content (AvgIpc) is 3.22. The third-order valence-electron chi connectivity index (χ3n) is 5.58. The highest BCUT2D eigenvalue weighted by Gasteiger charge is 2.27. The minimum absolute atomic E-state index is 0.0890. The predicted molar refractivity (Wildman–Crippen MR) is 115 cm³/mol. The number of aromatic amines is 1. The summed E-state index contributed by atoms with van der Waals surface area (Å²) < 4.78 is 0. The number of hydrogen-bond donors (Lipinski definition) is 1. The summed E-state index contributed by atoms with van der Waals surface area (Å²) in [6.07, 6.45) is 2.14.